The molecular formula is C13H21BrN2O8S4. The Hall–Kier alpha value is -0.580. The van der Waals surface area contributed by atoms with Crippen LogP contribution in [0.5, 0.6) is 0 Å². The van der Waals surface area contributed by atoms with Crippen molar-refractivity contribution in [1.82, 2.24) is 7.42 Å². The van der Waals surface area contributed by atoms with Crippen LogP contribution in [0.2, 0.25) is 0 Å². The van der Waals surface area contributed by atoms with Crippen LogP contribution < -0.4 is 0 Å². The lowest BCUT2D eigenvalue weighted by Crippen LogP contribution is -2.51. The smallest absolute Gasteiger partial charge is 0.212 e. The molecule has 0 spiro atoms. The SMILES string of the molecule is C[C@H]([C@H](c1ccc(Br)cc1)N(S(C)(=O)=O)S(C)(=O)=O)N(S(C)(=O)=O)S(C)(=O)=O. The van der Waals surface area contributed by atoms with Gasteiger partial charge in [0.2, 0.25) is 40.1 Å². The molecule has 0 aliphatic heterocycles. The summed E-state index contributed by atoms with van der Waals surface area (Å²) in [6.07, 6.45) is 2.54. The lowest BCUT2D eigenvalue weighted by molar-refractivity contribution is 0.316. The minimum Gasteiger partial charge on any atom is -0.212 e. The van der Waals surface area contributed by atoms with E-state index >= 15 is 0 Å². The largest absolute Gasteiger partial charge is 0.224 e. The van der Waals surface area contributed by atoms with Gasteiger partial charge in [-0.1, -0.05) is 35.5 Å². The third-order valence-electron chi connectivity index (χ3n) is 3.54. The Morgan fingerprint density at radius 1 is 0.679 bits per heavy atom. The molecule has 0 unspecified atom stereocenters. The number of nitrogens with zero attached hydrogens (tertiary/aromatic N) is 2. The molecule has 2 atom stereocenters. The van der Waals surface area contributed by atoms with Crippen LogP contribution in [0.4, 0.5) is 0 Å². The van der Waals surface area contributed by atoms with Crippen LogP contribution in [0.25, 0.3) is 0 Å². The summed E-state index contributed by atoms with van der Waals surface area (Å²) in [4.78, 5) is 0. The zero-order valence-electron chi connectivity index (χ0n) is 15.6. The van der Waals surface area contributed by atoms with E-state index in [0.717, 1.165) is 6.92 Å². The van der Waals surface area contributed by atoms with Crippen LogP contribution in [-0.2, 0) is 40.1 Å². The number of rotatable bonds is 8. The molecule has 0 aliphatic carbocycles. The molecule has 0 aromatic heterocycles. The topological polar surface area (TPSA) is 143 Å². The summed E-state index contributed by atoms with van der Waals surface area (Å²) in [6.45, 7) is 1.12. The third-order valence-corrected chi connectivity index (χ3v) is 11.0. The summed E-state index contributed by atoms with van der Waals surface area (Å²) in [5.41, 5.74) is 0.0869. The Bertz CT molecular complexity index is 1080. The molecule has 0 saturated heterocycles. The summed E-state index contributed by atoms with van der Waals surface area (Å²) in [6, 6.07) is 2.46. The average Bonchev–Trinajstić information content (AvgIpc) is 2.39. The molecule has 28 heavy (non-hydrogen) atoms. The van der Waals surface area contributed by atoms with Gasteiger partial charge in [-0.3, -0.25) is 0 Å². The van der Waals surface area contributed by atoms with Crippen molar-refractivity contribution in [1.29, 1.82) is 0 Å². The van der Waals surface area contributed by atoms with E-state index in [2.05, 4.69) is 15.9 Å². The van der Waals surface area contributed by atoms with E-state index in [1.165, 1.54) is 24.3 Å². The van der Waals surface area contributed by atoms with Crippen molar-refractivity contribution in [3.8, 4) is 0 Å². The molecular weight excluding hydrogens is 520 g/mol. The normalized spacial score (nSPS) is 16.3. The number of hydrogen-bond acceptors (Lipinski definition) is 8. The molecule has 0 fully saturated rings. The minimum absolute atomic E-state index is 0.0869. The fraction of sp³-hybridized carbons (Fsp3) is 0.538. The Morgan fingerprint density at radius 2 is 1.00 bits per heavy atom. The van der Waals surface area contributed by atoms with Gasteiger partial charge in [-0.05, 0) is 24.6 Å². The van der Waals surface area contributed by atoms with Crippen molar-refractivity contribution in [3.05, 3.63) is 34.3 Å². The van der Waals surface area contributed by atoms with E-state index in [0.29, 0.717) is 29.5 Å². The first-order chi connectivity index (χ1) is 12.3. The van der Waals surface area contributed by atoms with E-state index in [1.54, 1.807) is 0 Å². The summed E-state index contributed by atoms with van der Waals surface area (Å²) < 4.78 is 98.7. The van der Waals surface area contributed by atoms with Gasteiger partial charge in [0.15, 0.2) is 0 Å². The molecule has 0 bridgehead atoms. The highest BCUT2D eigenvalue weighted by Gasteiger charge is 2.45. The Kier molecular flexibility index (Phi) is 7.52. The summed E-state index contributed by atoms with van der Waals surface area (Å²) in [7, 11) is -17.6. The van der Waals surface area contributed by atoms with Gasteiger partial charge in [0.05, 0.1) is 37.1 Å². The lowest BCUT2D eigenvalue weighted by Gasteiger charge is -2.36. The second kappa shape index (κ2) is 8.28. The first-order valence-electron chi connectivity index (χ1n) is 7.42. The van der Waals surface area contributed by atoms with Gasteiger partial charge in [0.1, 0.15) is 0 Å². The van der Waals surface area contributed by atoms with Crippen LogP contribution in [0.1, 0.15) is 18.5 Å². The monoisotopic (exact) mass is 540 g/mol. The summed E-state index contributed by atoms with van der Waals surface area (Å²) >= 11 is 3.19. The standard InChI is InChI=1S/C13H21BrN2O8S4/c1-10(15(25(2,17)18)26(3,19)20)13(11-6-8-12(14)9-7-11)16(27(4,21)22)28(5,23)24/h6-10,13H,1-5H3/t10-,13-/m1/s1. The Labute approximate surface area is 174 Å². The van der Waals surface area contributed by atoms with Crippen LogP contribution >= 0.6 is 15.9 Å². The maximum Gasteiger partial charge on any atom is 0.224 e. The van der Waals surface area contributed by atoms with Gasteiger partial charge in [0.25, 0.3) is 0 Å². The van der Waals surface area contributed by atoms with Crippen molar-refractivity contribution in [2.24, 2.45) is 0 Å². The highest BCUT2D eigenvalue weighted by atomic mass is 79.9. The molecule has 162 valence electrons. The van der Waals surface area contributed by atoms with Crippen LogP contribution in [0.15, 0.2) is 28.7 Å². The highest BCUT2D eigenvalue weighted by molar-refractivity contribution is 9.10. The quantitative estimate of drug-likeness (QED) is 0.458. The summed E-state index contributed by atoms with van der Waals surface area (Å²) in [5, 5.41) is 0. The number of hydrogen-bond donors (Lipinski definition) is 0. The summed E-state index contributed by atoms with van der Waals surface area (Å²) in [5.74, 6) is 0. The molecule has 1 rings (SSSR count). The van der Waals surface area contributed by atoms with Gasteiger partial charge in [-0.2, -0.15) is 0 Å². The maximum absolute atomic E-state index is 12.3. The Balaban J connectivity index is 3.93. The molecule has 10 nitrogen and oxygen atoms in total. The van der Waals surface area contributed by atoms with E-state index in [4.69, 9.17) is 0 Å². The van der Waals surface area contributed by atoms with Crippen molar-refractivity contribution < 1.29 is 33.7 Å². The van der Waals surface area contributed by atoms with E-state index in [9.17, 15) is 33.7 Å². The molecule has 0 saturated carbocycles. The van der Waals surface area contributed by atoms with Gasteiger partial charge < -0.3 is 0 Å². The van der Waals surface area contributed by atoms with Crippen molar-refractivity contribution in [3.63, 3.8) is 0 Å². The second-order valence-electron chi connectivity index (χ2n) is 6.24. The predicted molar refractivity (Wildman–Crippen MR) is 109 cm³/mol. The van der Waals surface area contributed by atoms with Gasteiger partial charge in [-0.25, -0.2) is 33.7 Å². The third kappa shape index (κ3) is 6.21. The van der Waals surface area contributed by atoms with Crippen molar-refractivity contribution in [2.75, 3.05) is 25.0 Å². The maximum atomic E-state index is 12.3. The van der Waals surface area contributed by atoms with Crippen LogP contribution in [0.3, 0.4) is 0 Å². The number of sulfonamides is 4. The average molecular weight is 541 g/mol. The molecule has 0 N–H and O–H groups in total. The molecule has 0 amide bonds. The van der Waals surface area contributed by atoms with E-state index in [-0.39, 0.29) is 13.0 Å². The van der Waals surface area contributed by atoms with Crippen molar-refractivity contribution in [2.45, 2.75) is 19.0 Å². The van der Waals surface area contributed by atoms with E-state index in [1.807, 2.05) is 0 Å². The first kappa shape index (κ1) is 25.5. The molecule has 1 aromatic rings. The molecule has 0 heterocycles. The highest BCUT2D eigenvalue weighted by Crippen LogP contribution is 2.34. The first-order valence-corrected chi connectivity index (χ1v) is 15.6. The van der Waals surface area contributed by atoms with Gasteiger partial charge in [-0.15, -0.1) is 0 Å². The fourth-order valence-corrected chi connectivity index (χ4v) is 9.92. The van der Waals surface area contributed by atoms with Crippen molar-refractivity contribution >= 4 is 56.0 Å². The van der Waals surface area contributed by atoms with Crippen LogP contribution in [0, 0.1) is 0 Å². The lowest BCUT2D eigenvalue weighted by atomic mass is 10.0. The zero-order chi connectivity index (χ0) is 22.3. The molecule has 0 aliphatic rings. The number of benzene rings is 1. The fourth-order valence-electron chi connectivity index (χ4n) is 2.86. The minimum atomic E-state index is -4.43. The predicted octanol–water partition coefficient (Wildman–Crippen LogP) is 0.321. The molecule has 0 radical (unpaired) electrons. The van der Waals surface area contributed by atoms with Crippen LogP contribution in [-0.4, -0.2) is 72.2 Å². The van der Waals surface area contributed by atoms with Gasteiger partial charge in [0, 0.05) is 4.47 Å². The van der Waals surface area contributed by atoms with Gasteiger partial charge >= 0.3 is 0 Å². The molecule has 15 heteroatoms. The Morgan fingerprint density at radius 3 is 1.29 bits per heavy atom. The van der Waals surface area contributed by atoms with E-state index < -0.39 is 52.2 Å². The number of halogens is 1. The second-order valence-corrected chi connectivity index (χ2v) is 15.1. The zero-order valence-corrected chi connectivity index (χ0v) is 20.5. The molecule has 1 aromatic carbocycles.